The molecule has 0 aliphatic carbocycles. The van der Waals surface area contributed by atoms with Crippen molar-refractivity contribution in [3.8, 4) is 22.1 Å². The predicted octanol–water partition coefficient (Wildman–Crippen LogP) is 6.04. The Balaban J connectivity index is 1.58. The van der Waals surface area contributed by atoms with Gasteiger partial charge in [-0.15, -0.1) is 22.7 Å². The normalized spacial score (nSPS) is 11.9. The number of hydrogen-bond acceptors (Lipinski definition) is 6. The van der Waals surface area contributed by atoms with Crippen molar-refractivity contribution in [2.45, 2.75) is 6.61 Å². The zero-order chi connectivity index (χ0) is 21.6. The molecule has 0 saturated heterocycles. The lowest BCUT2D eigenvalue weighted by atomic mass is 10.2. The number of aromatic nitrogens is 1. The maximum absolute atomic E-state index is 5.94. The number of ether oxygens (including phenoxy) is 2. The van der Waals surface area contributed by atoms with Crippen LogP contribution >= 0.6 is 38.6 Å². The molecule has 0 amide bonds. The van der Waals surface area contributed by atoms with E-state index >= 15 is 0 Å². The lowest BCUT2D eigenvalue weighted by Crippen LogP contribution is -2.11. The van der Waals surface area contributed by atoms with E-state index in [9.17, 15) is 0 Å². The number of halogens is 1. The van der Waals surface area contributed by atoms with Gasteiger partial charge in [-0.1, -0.05) is 30.3 Å². The molecular weight excluding hydrogens is 494 g/mol. The van der Waals surface area contributed by atoms with Gasteiger partial charge in [0, 0.05) is 12.4 Å². The highest BCUT2D eigenvalue weighted by Crippen LogP contribution is 2.32. The van der Waals surface area contributed by atoms with E-state index in [1.54, 1.807) is 43.0 Å². The summed E-state index contributed by atoms with van der Waals surface area (Å²) in [6.07, 6.45) is 1.80. The molecule has 0 spiro atoms. The first kappa shape index (κ1) is 21.5. The molecule has 0 radical (unpaired) electrons. The molecule has 2 heterocycles. The van der Waals surface area contributed by atoms with Crippen LogP contribution in [0.4, 0.5) is 0 Å². The average molecular weight is 514 g/mol. The summed E-state index contributed by atoms with van der Waals surface area (Å²) in [6, 6.07) is 19.9. The summed E-state index contributed by atoms with van der Waals surface area (Å²) in [5.41, 5.74) is 3.02. The van der Waals surface area contributed by atoms with Crippen molar-refractivity contribution in [2.24, 2.45) is 10.1 Å². The quantitative estimate of drug-likeness (QED) is 0.283. The molecule has 4 rings (SSSR count). The van der Waals surface area contributed by atoms with Gasteiger partial charge in [-0.2, -0.15) is 5.10 Å². The Hall–Kier alpha value is -2.68. The van der Waals surface area contributed by atoms with Crippen LogP contribution in [0.25, 0.3) is 10.6 Å². The summed E-state index contributed by atoms with van der Waals surface area (Å²) in [5, 5.41) is 6.76. The molecule has 2 aromatic heterocycles. The van der Waals surface area contributed by atoms with Crippen LogP contribution in [0.2, 0.25) is 0 Å². The molecule has 158 valence electrons. The van der Waals surface area contributed by atoms with Crippen molar-refractivity contribution in [3.05, 3.63) is 85.8 Å². The Bertz CT molecular complexity index is 1260. The van der Waals surface area contributed by atoms with Crippen molar-refractivity contribution >= 4 is 44.8 Å². The predicted molar refractivity (Wildman–Crippen MR) is 132 cm³/mol. The molecule has 0 unspecified atom stereocenters. The van der Waals surface area contributed by atoms with Crippen LogP contribution in [-0.4, -0.2) is 25.0 Å². The Morgan fingerprint density at radius 3 is 2.61 bits per heavy atom. The third-order valence-electron chi connectivity index (χ3n) is 4.45. The zero-order valence-electron chi connectivity index (χ0n) is 17.0. The molecule has 8 heteroatoms. The summed E-state index contributed by atoms with van der Waals surface area (Å²) in [7, 11) is 3.41. The van der Waals surface area contributed by atoms with Gasteiger partial charge in [0.1, 0.15) is 6.61 Å². The highest BCUT2D eigenvalue weighted by molar-refractivity contribution is 9.11. The Labute approximate surface area is 197 Å². The first-order valence-electron chi connectivity index (χ1n) is 9.46. The van der Waals surface area contributed by atoms with Gasteiger partial charge in [0.2, 0.25) is 4.80 Å². The summed E-state index contributed by atoms with van der Waals surface area (Å²) in [6.45, 7) is 0.483. The fourth-order valence-corrected chi connectivity index (χ4v) is 5.19. The van der Waals surface area contributed by atoms with Crippen LogP contribution in [0.15, 0.2) is 79.9 Å². The van der Waals surface area contributed by atoms with Gasteiger partial charge < -0.3 is 9.47 Å². The number of thiazole rings is 1. The Morgan fingerprint density at radius 1 is 1.06 bits per heavy atom. The third kappa shape index (κ3) is 5.15. The number of hydrogen-bond donors (Lipinski definition) is 0. The maximum Gasteiger partial charge on any atom is 0.205 e. The van der Waals surface area contributed by atoms with Crippen molar-refractivity contribution in [2.75, 3.05) is 14.2 Å². The topological polar surface area (TPSA) is 48.1 Å². The molecule has 0 N–H and O–H groups in total. The first-order valence-corrected chi connectivity index (χ1v) is 11.9. The number of methoxy groups -OCH3 is 1. The van der Waals surface area contributed by atoms with E-state index in [4.69, 9.17) is 14.6 Å². The number of benzene rings is 2. The van der Waals surface area contributed by atoms with E-state index in [1.165, 1.54) is 0 Å². The molecule has 5 nitrogen and oxygen atoms in total. The zero-order valence-corrected chi connectivity index (χ0v) is 20.2. The highest BCUT2D eigenvalue weighted by atomic mass is 79.9. The molecular formula is C23H20BrN3O2S2. The van der Waals surface area contributed by atoms with Crippen LogP contribution in [0.5, 0.6) is 11.5 Å². The van der Waals surface area contributed by atoms with Crippen molar-refractivity contribution in [1.29, 1.82) is 0 Å². The lowest BCUT2D eigenvalue weighted by molar-refractivity contribution is 0.284. The average Bonchev–Trinajstić information content (AvgIpc) is 3.42. The van der Waals surface area contributed by atoms with Gasteiger partial charge in [0.05, 0.1) is 27.7 Å². The molecule has 0 aliphatic heterocycles. The van der Waals surface area contributed by atoms with E-state index in [-0.39, 0.29) is 0 Å². The van der Waals surface area contributed by atoms with Gasteiger partial charge >= 0.3 is 0 Å². The van der Waals surface area contributed by atoms with E-state index in [0.717, 1.165) is 30.3 Å². The summed E-state index contributed by atoms with van der Waals surface area (Å²) in [4.78, 5) is 6.30. The second-order valence-corrected chi connectivity index (χ2v) is 9.77. The number of thiophene rings is 1. The van der Waals surface area contributed by atoms with Gasteiger partial charge in [0.25, 0.3) is 0 Å². The molecule has 0 fully saturated rings. The number of nitrogens with zero attached hydrogens (tertiary/aromatic N) is 3. The van der Waals surface area contributed by atoms with Crippen LogP contribution in [0.1, 0.15) is 11.1 Å². The van der Waals surface area contributed by atoms with Crippen molar-refractivity contribution in [3.63, 3.8) is 0 Å². The van der Waals surface area contributed by atoms with Crippen LogP contribution < -0.4 is 14.3 Å². The lowest BCUT2D eigenvalue weighted by Gasteiger charge is -2.11. The minimum atomic E-state index is 0.483. The molecule has 0 bridgehead atoms. The molecule has 4 aromatic rings. The summed E-state index contributed by atoms with van der Waals surface area (Å²) >= 11 is 6.75. The monoisotopic (exact) mass is 513 g/mol. The second-order valence-electron chi connectivity index (χ2n) is 6.47. The van der Waals surface area contributed by atoms with Crippen molar-refractivity contribution < 1.29 is 9.47 Å². The Kier molecular flexibility index (Phi) is 7.01. The van der Waals surface area contributed by atoms with Gasteiger partial charge in [-0.25, -0.2) is 4.68 Å². The molecule has 31 heavy (non-hydrogen) atoms. The van der Waals surface area contributed by atoms with Gasteiger partial charge in [0.15, 0.2) is 11.5 Å². The number of rotatable bonds is 7. The molecule has 0 saturated carbocycles. The van der Waals surface area contributed by atoms with Gasteiger partial charge in [-0.3, -0.25) is 4.99 Å². The van der Waals surface area contributed by atoms with Crippen LogP contribution in [0.3, 0.4) is 0 Å². The SMILES string of the molecule is CN=c1scc(-c2ccc(Br)s2)n1/N=C/c1ccc(OCc2ccccc2)c(OC)c1. The maximum atomic E-state index is 5.94. The van der Waals surface area contributed by atoms with E-state index in [0.29, 0.717) is 18.1 Å². The standard InChI is InChI=1S/C23H20BrN3O2S2/c1-25-23-27(18(15-30-23)21-10-11-22(24)31-21)26-13-17-8-9-19(20(12-17)28-2)29-14-16-6-4-3-5-7-16/h3-13,15H,14H2,1-2H3/b25-23?,26-13+. The van der Waals surface area contributed by atoms with Crippen LogP contribution in [0, 0.1) is 0 Å². The minimum Gasteiger partial charge on any atom is -0.493 e. The molecule has 0 aliphatic rings. The summed E-state index contributed by atoms with van der Waals surface area (Å²) < 4.78 is 14.4. The smallest absolute Gasteiger partial charge is 0.205 e. The van der Waals surface area contributed by atoms with E-state index in [2.05, 4.69) is 32.4 Å². The van der Waals surface area contributed by atoms with E-state index < -0.39 is 0 Å². The van der Waals surface area contributed by atoms with E-state index in [1.807, 2.05) is 59.3 Å². The van der Waals surface area contributed by atoms with Crippen LogP contribution in [-0.2, 0) is 6.61 Å². The highest BCUT2D eigenvalue weighted by Gasteiger charge is 2.10. The fourth-order valence-electron chi connectivity index (χ4n) is 2.93. The second kappa shape index (κ2) is 10.1. The Morgan fingerprint density at radius 2 is 1.90 bits per heavy atom. The first-order chi connectivity index (χ1) is 15.2. The molecule has 0 atom stereocenters. The minimum absolute atomic E-state index is 0.483. The van der Waals surface area contributed by atoms with Gasteiger partial charge in [-0.05, 0) is 57.4 Å². The fraction of sp³-hybridized carbons (Fsp3) is 0.130. The third-order valence-corrected chi connectivity index (χ3v) is 7.00. The molecule has 2 aromatic carbocycles. The summed E-state index contributed by atoms with van der Waals surface area (Å²) in [5.74, 6) is 1.36. The largest absolute Gasteiger partial charge is 0.493 e. The van der Waals surface area contributed by atoms with Crippen molar-refractivity contribution in [1.82, 2.24) is 4.68 Å².